The number of aromatic carboxylic acids is 1. The van der Waals surface area contributed by atoms with Crippen LogP contribution < -0.4 is 4.74 Å². The summed E-state index contributed by atoms with van der Waals surface area (Å²) in [4.78, 5) is 14.5. The molecular weight excluding hydrogens is 234 g/mol. The fourth-order valence-electron chi connectivity index (χ4n) is 1.71. The largest absolute Gasteiger partial charge is 0.497 e. The standard InChI is InChI=1S/C13H13NO4/c1-17-10-4-2-3-9(7-10)5-6-11-12(13(15)16)14-8-18-11/h2-4,7-8H,5-6H2,1H3,(H,15,16). The van der Waals surface area contributed by atoms with Gasteiger partial charge in [-0.1, -0.05) is 12.1 Å². The van der Waals surface area contributed by atoms with Crippen molar-refractivity contribution in [3.8, 4) is 5.75 Å². The van der Waals surface area contributed by atoms with Gasteiger partial charge < -0.3 is 14.3 Å². The normalized spacial score (nSPS) is 10.3. The molecule has 0 aliphatic heterocycles. The number of benzene rings is 1. The lowest BCUT2D eigenvalue weighted by Crippen LogP contribution is -2.02. The summed E-state index contributed by atoms with van der Waals surface area (Å²) in [5.74, 6) is 0.109. The minimum absolute atomic E-state index is 0.0158. The summed E-state index contributed by atoms with van der Waals surface area (Å²) < 4.78 is 10.2. The molecule has 0 radical (unpaired) electrons. The molecule has 1 aromatic carbocycles. The number of nitrogens with zero attached hydrogens (tertiary/aromatic N) is 1. The summed E-state index contributed by atoms with van der Waals surface area (Å²) in [6.07, 6.45) is 2.33. The highest BCUT2D eigenvalue weighted by atomic mass is 16.5. The number of methoxy groups -OCH3 is 1. The van der Waals surface area contributed by atoms with Gasteiger partial charge in [0.05, 0.1) is 7.11 Å². The second kappa shape index (κ2) is 5.35. The quantitative estimate of drug-likeness (QED) is 0.876. The summed E-state index contributed by atoms with van der Waals surface area (Å²) in [6.45, 7) is 0. The highest BCUT2D eigenvalue weighted by molar-refractivity contribution is 5.86. The van der Waals surface area contributed by atoms with Crippen LogP contribution >= 0.6 is 0 Å². The number of aryl methyl sites for hydroxylation is 2. The number of ether oxygens (including phenoxy) is 1. The predicted molar refractivity (Wildman–Crippen MR) is 63.9 cm³/mol. The molecule has 0 atom stereocenters. The summed E-state index contributed by atoms with van der Waals surface area (Å²) in [7, 11) is 1.61. The van der Waals surface area contributed by atoms with Gasteiger partial charge in [-0.3, -0.25) is 0 Å². The van der Waals surface area contributed by atoms with Crippen LogP contribution in [0.15, 0.2) is 35.1 Å². The fourth-order valence-corrected chi connectivity index (χ4v) is 1.71. The van der Waals surface area contributed by atoms with E-state index in [0.29, 0.717) is 18.6 Å². The maximum absolute atomic E-state index is 10.9. The zero-order valence-corrected chi connectivity index (χ0v) is 9.92. The Morgan fingerprint density at radius 3 is 3.00 bits per heavy atom. The van der Waals surface area contributed by atoms with Gasteiger partial charge in [-0.2, -0.15) is 0 Å². The molecule has 0 unspecified atom stereocenters. The van der Waals surface area contributed by atoms with Crippen molar-refractivity contribution in [3.05, 3.63) is 47.7 Å². The number of hydrogen-bond acceptors (Lipinski definition) is 4. The van der Waals surface area contributed by atoms with E-state index in [2.05, 4.69) is 4.98 Å². The lowest BCUT2D eigenvalue weighted by atomic mass is 10.1. The molecule has 2 rings (SSSR count). The zero-order chi connectivity index (χ0) is 13.0. The Kier molecular flexibility index (Phi) is 3.62. The highest BCUT2D eigenvalue weighted by Gasteiger charge is 2.14. The SMILES string of the molecule is COc1cccc(CCc2ocnc2C(=O)O)c1. The van der Waals surface area contributed by atoms with Crippen molar-refractivity contribution in [3.63, 3.8) is 0 Å². The molecule has 0 aliphatic rings. The molecule has 94 valence electrons. The molecule has 0 fully saturated rings. The van der Waals surface area contributed by atoms with E-state index in [1.807, 2.05) is 24.3 Å². The summed E-state index contributed by atoms with van der Waals surface area (Å²) in [6, 6.07) is 7.63. The van der Waals surface area contributed by atoms with E-state index in [1.54, 1.807) is 7.11 Å². The summed E-state index contributed by atoms with van der Waals surface area (Å²) >= 11 is 0. The Morgan fingerprint density at radius 2 is 2.28 bits per heavy atom. The number of rotatable bonds is 5. The molecule has 1 heterocycles. The van der Waals surface area contributed by atoms with Crippen LogP contribution in [0.4, 0.5) is 0 Å². The molecule has 0 saturated heterocycles. The lowest BCUT2D eigenvalue weighted by Gasteiger charge is -2.03. The lowest BCUT2D eigenvalue weighted by molar-refractivity contribution is 0.0689. The fraction of sp³-hybridized carbons (Fsp3) is 0.231. The first-order valence-electron chi connectivity index (χ1n) is 5.49. The third-order valence-corrected chi connectivity index (χ3v) is 2.62. The van der Waals surface area contributed by atoms with Crippen LogP contribution in [0.1, 0.15) is 21.8 Å². The second-order valence-corrected chi connectivity index (χ2v) is 3.78. The molecule has 5 nitrogen and oxygen atoms in total. The topological polar surface area (TPSA) is 72.6 Å². The molecule has 0 spiro atoms. The average molecular weight is 247 g/mol. The first kappa shape index (κ1) is 12.2. The Balaban J connectivity index is 2.06. The first-order chi connectivity index (χ1) is 8.70. The minimum atomic E-state index is -1.07. The number of carbonyl (C=O) groups is 1. The monoisotopic (exact) mass is 247 g/mol. The smallest absolute Gasteiger partial charge is 0.358 e. The number of oxazole rings is 1. The van der Waals surface area contributed by atoms with Crippen molar-refractivity contribution in [1.29, 1.82) is 0 Å². The Bertz CT molecular complexity index is 547. The van der Waals surface area contributed by atoms with Gasteiger partial charge >= 0.3 is 5.97 Å². The maximum atomic E-state index is 10.9. The molecule has 2 aromatic rings. The van der Waals surface area contributed by atoms with E-state index < -0.39 is 5.97 Å². The van der Waals surface area contributed by atoms with E-state index in [4.69, 9.17) is 14.3 Å². The van der Waals surface area contributed by atoms with Crippen molar-refractivity contribution in [2.75, 3.05) is 7.11 Å². The van der Waals surface area contributed by atoms with Crippen molar-refractivity contribution in [2.45, 2.75) is 12.8 Å². The molecule has 0 aliphatic carbocycles. The summed E-state index contributed by atoms with van der Waals surface area (Å²) in [5.41, 5.74) is 1.04. The van der Waals surface area contributed by atoms with Crippen molar-refractivity contribution < 1.29 is 19.1 Å². The molecule has 18 heavy (non-hydrogen) atoms. The third-order valence-electron chi connectivity index (χ3n) is 2.62. The molecule has 0 bridgehead atoms. The molecule has 1 aromatic heterocycles. The Labute approximate surface area is 104 Å². The van der Waals surface area contributed by atoms with Gasteiger partial charge in [-0.05, 0) is 24.1 Å². The van der Waals surface area contributed by atoms with Gasteiger partial charge in [0.15, 0.2) is 12.1 Å². The highest BCUT2D eigenvalue weighted by Crippen LogP contribution is 2.16. The van der Waals surface area contributed by atoms with E-state index in [-0.39, 0.29) is 5.69 Å². The molecule has 0 amide bonds. The average Bonchev–Trinajstić information content (AvgIpc) is 2.85. The summed E-state index contributed by atoms with van der Waals surface area (Å²) in [5, 5.41) is 8.89. The van der Waals surface area contributed by atoms with Gasteiger partial charge in [-0.25, -0.2) is 9.78 Å². The molecule has 1 N–H and O–H groups in total. The van der Waals surface area contributed by atoms with Gasteiger partial charge in [-0.15, -0.1) is 0 Å². The number of hydrogen-bond donors (Lipinski definition) is 1. The Morgan fingerprint density at radius 1 is 1.44 bits per heavy atom. The van der Waals surface area contributed by atoms with Crippen molar-refractivity contribution >= 4 is 5.97 Å². The predicted octanol–water partition coefficient (Wildman–Crippen LogP) is 2.17. The van der Waals surface area contributed by atoms with Gasteiger partial charge in [0.1, 0.15) is 11.5 Å². The van der Waals surface area contributed by atoms with E-state index in [1.165, 1.54) is 0 Å². The maximum Gasteiger partial charge on any atom is 0.358 e. The van der Waals surface area contributed by atoms with Gasteiger partial charge in [0.25, 0.3) is 0 Å². The molecule has 0 saturated carbocycles. The first-order valence-corrected chi connectivity index (χ1v) is 5.49. The van der Waals surface area contributed by atoms with Crippen LogP contribution in [0.25, 0.3) is 0 Å². The van der Waals surface area contributed by atoms with E-state index in [0.717, 1.165) is 17.7 Å². The third kappa shape index (κ3) is 2.68. The van der Waals surface area contributed by atoms with E-state index >= 15 is 0 Å². The van der Waals surface area contributed by atoms with Crippen LogP contribution in [0.5, 0.6) is 5.75 Å². The molecule has 5 heteroatoms. The number of carboxylic acid groups (broad SMARTS) is 1. The van der Waals surface area contributed by atoms with Crippen LogP contribution in [0.3, 0.4) is 0 Å². The minimum Gasteiger partial charge on any atom is -0.497 e. The van der Waals surface area contributed by atoms with Crippen LogP contribution in [-0.4, -0.2) is 23.2 Å². The number of carboxylic acids is 1. The number of aromatic nitrogens is 1. The van der Waals surface area contributed by atoms with Gasteiger partial charge in [0, 0.05) is 6.42 Å². The van der Waals surface area contributed by atoms with Crippen LogP contribution in [0.2, 0.25) is 0 Å². The van der Waals surface area contributed by atoms with Crippen LogP contribution in [-0.2, 0) is 12.8 Å². The molecular formula is C13H13NO4. The van der Waals surface area contributed by atoms with E-state index in [9.17, 15) is 4.79 Å². The van der Waals surface area contributed by atoms with Crippen molar-refractivity contribution in [2.24, 2.45) is 0 Å². The van der Waals surface area contributed by atoms with Gasteiger partial charge in [0.2, 0.25) is 0 Å². The second-order valence-electron chi connectivity index (χ2n) is 3.78. The van der Waals surface area contributed by atoms with Crippen LogP contribution in [0, 0.1) is 0 Å². The van der Waals surface area contributed by atoms with Crippen molar-refractivity contribution in [1.82, 2.24) is 4.98 Å². The Hall–Kier alpha value is -2.30. The zero-order valence-electron chi connectivity index (χ0n) is 9.92.